The van der Waals surface area contributed by atoms with Gasteiger partial charge in [0.05, 0.1) is 16.9 Å². The van der Waals surface area contributed by atoms with Crippen molar-refractivity contribution in [1.29, 1.82) is 0 Å². The molecule has 0 saturated heterocycles. The van der Waals surface area contributed by atoms with E-state index in [-0.39, 0.29) is 23.4 Å². The molecule has 0 aliphatic heterocycles. The number of hydrogen-bond acceptors (Lipinski definition) is 4. The predicted octanol–water partition coefficient (Wildman–Crippen LogP) is 4.47. The number of rotatable bonds is 5. The van der Waals surface area contributed by atoms with Crippen molar-refractivity contribution in [2.75, 3.05) is 24.4 Å². The van der Waals surface area contributed by atoms with Gasteiger partial charge in [0.1, 0.15) is 11.5 Å². The summed E-state index contributed by atoms with van der Waals surface area (Å²) in [6.45, 7) is 9.98. The van der Waals surface area contributed by atoms with Crippen LogP contribution in [-0.4, -0.2) is 35.0 Å². The highest BCUT2D eigenvalue weighted by molar-refractivity contribution is 6.06. The van der Waals surface area contributed by atoms with Gasteiger partial charge >= 0.3 is 6.03 Å². The zero-order valence-electron chi connectivity index (χ0n) is 17.9. The number of nitrogens with zero attached hydrogens (tertiary/aromatic N) is 2. The van der Waals surface area contributed by atoms with Gasteiger partial charge in [-0.2, -0.15) is 0 Å². The van der Waals surface area contributed by atoms with E-state index >= 15 is 0 Å². The van der Waals surface area contributed by atoms with Crippen molar-refractivity contribution < 1.29 is 15.0 Å². The first kappa shape index (κ1) is 21.1. The first-order valence-corrected chi connectivity index (χ1v) is 9.76. The molecule has 2 aromatic carbocycles. The quantitative estimate of drug-likeness (QED) is 0.501. The van der Waals surface area contributed by atoms with E-state index in [4.69, 9.17) is 0 Å². The van der Waals surface area contributed by atoms with E-state index in [0.717, 1.165) is 16.5 Å². The average molecular weight is 409 g/mol. The van der Waals surface area contributed by atoms with Crippen molar-refractivity contribution in [2.24, 2.45) is 0 Å². The number of phenolic OH excluding ortho intramolecular Hbond substituents is 2. The van der Waals surface area contributed by atoms with E-state index < -0.39 is 0 Å². The summed E-state index contributed by atoms with van der Waals surface area (Å²) in [5, 5.41) is 24.3. The molecular weight excluding hydrogens is 380 g/mol. The minimum Gasteiger partial charge on any atom is -0.508 e. The molecule has 30 heavy (non-hydrogen) atoms. The third-order valence-electron chi connectivity index (χ3n) is 5.25. The Labute approximate surface area is 176 Å². The summed E-state index contributed by atoms with van der Waals surface area (Å²) in [5.74, 6) is -0.101. The number of phenols is 2. The summed E-state index contributed by atoms with van der Waals surface area (Å²) in [5.41, 5.74) is 7.10. The molecule has 0 radical (unpaired) electrons. The number of aromatic hydroxyl groups is 2. The summed E-state index contributed by atoms with van der Waals surface area (Å²) in [7, 11) is 3.38. The molecule has 0 atom stereocenters. The van der Waals surface area contributed by atoms with Gasteiger partial charge in [-0.3, -0.25) is 9.58 Å². The number of amides is 2. The number of hydrogen-bond donors (Lipinski definition) is 4. The molecule has 7 nitrogen and oxygen atoms in total. The van der Waals surface area contributed by atoms with Gasteiger partial charge < -0.3 is 21.0 Å². The molecule has 0 fully saturated rings. The van der Waals surface area contributed by atoms with Crippen LogP contribution in [0.4, 0.5) is 10.5 Å². The number of aromatic nitrogens is 1. The van der Waals surface area contributed by atoms with Gasteiger partial charge in [0.25, 0.3) is 0 Å². The van der Waals surface area contributed by atoms with Crippen molar-refractivity contribution in [3.05, 3.63) is 59.8 Å². The molecule has 0 aliphatic rings. The minimum absolute atomic E-state index is 0.0102. The standard InChI is InChI=1S/C23H28N4O3/c1-13(2)17-10-19(22(29)11-21(17)28)15(4)27(23(30)24-5)16-7-8-20-18(9-16)14(3)12-26(20)25-6/h7-13,25,28-29H,4H2,1-3,5-6H3,(H,24,30). The smallest absolute Gasteiger partial charge is 0.326 e. The summed E-state index contributed by atoms with van der Waals surface area (Å²) in [4.78, 5) is 14.2. The molecule has 1 aromatic heterocycles. The lowest BCUT2D eigenvalue weighted by atomic mass is 9.97. The maximum atomic E-state index is 12.8. The topological polar surface area (TPSA) is 89.8 Å². The Morgan fingerprint density at radius 2 is 1.83 bits per heavy atom. The molecule has 0 aliphatic carbocycles. The van der Waals surface area contributed by atoms with Gasteiger partial charge in [0, 0.05) is 37.3 Å². The van der Waals surface area contributed by atoms with Crippen LogP contribution in [0.15, 0.2) is 43.1 Å². The largest absolute Gasteiger partial charge is 0.508 e. The van der Waals surface area contributed by atoms with Gasteiger partial charge in [-0.05, 0) is 48.2 Å². The molecule has 2 amide bonds. The van der Waals surface area contributed by atoms with E-state index in [1.165, 1.54) is 11.0 Å². The minimum atomic E-state index is -0.386. The summed E-state index contributed by atoms with van der Waals surface area (Å²) in [6.07, 6.45) is 1.98. The van der Waals surface area contributed by atoms with Crippen molar-refractivity contribution in [3.63, 3.8) is 0 Å². The summed E-state index contributed by atoms with van der Waals surface area (Å²) in [6, 6.07) is 8.25. The van der Waals surface area contributed by atoms with Crippen molar-refractivity contribution >= 4 is 28.3 Å². The van der Waals surface area contributed by atoms with Crippen LogP contribution in [0.5, 0.6) is 11.5 Å². The Morgan fingerprint density at radius 3 is 2.43 bits per heavy atom. The highest BCUT2D eigenvalue weighted by atomic mass is 16.3. The van der Waals surface area contributed by atoms with Crippen molar-refractivity contribution in [2.45, 2.75) is 26.7 Å². The van der Waals surface area contributed by atoms with Crippen LogP contribution in [0, 0.1) is 6.92 Å². The molecule has 0 bridgehead atoms. The third-order valence-corrected chi connectivity index (χ3v) is 5.25. The van der Waals surface area contributed by atoms with Crippen LogP contribution < -0.4 is 15.6 Å². The second-order valence-electron chi connectivity index (χ2n) is 7.53. The van der Waals surface area contributed by atoms with E-state index in [1.54, 1.807) is 13.1 Å². The Morgan fingerprint density at radius 1 is 1.13 bits per heavy atom. The number of anilines is 1. The highest BCUT2D eigenvalue weighted by Crippen LogP contribution is 2.38. The number of benzene rings is 2. The molecule has 3 rings (SSSR count). The lowest BCUT2D eigenvalue weighted by molar-refractivity contribution is 0.250. The van der Waals surface area contributed by atoms with Gasteiger partial charge in [-0.25, -0.2) is 4.79 Å². The molecular formula is C23H28N4O3. The molecule has 1 heterocycles. The second kappa shape index (κ2) is 8.02. The van der Waals surface area contributed by atoms with Crippen LogP contribution in [0.1, 0.15) is 36.5 Å². The van der Waals surface area contributed by atoms with Crippen LogP contribution in [0.2, 0.25) is 0 Å². The normalized spacial score (nSPS) is 11.0. The number of aryl methyl sites for hydroxylation is 1. The van der Waals surface area contributed by atoms with E-state index in [0.29, 0.717) is 22.5 Å². The average Bonchev–Trinajstić information content (AvgIpc) is 3.03. The second-order valence-corrected chi connectivity index (χ2v) is 7.53. The van der Waals surface area contributed by atoms with Gasteiger partial charge in [-0.15, -0.1) is 0 Å². The molecule has 0 saturated carbocycles. The molecule has 158 valence electrons. The molecule has 7 heteroatoms. The molecule has 3 aromatic rings. The zero-order chi connectivity index (χ0) is 22.2. The first-order chi connectivity index (χ1) is 14.2. The maximum absolute atomic E-state index is 12.8. The van der Waals surface area contributed by atoms with E-state index in [1.807, 2.05) is 56.9 Å². The van der Waals surface area contributed by atoms with Crippen LogP contribution in [0.25, 0.3) is 16.6 Å². The molecule has 4 N–H and O–H groups in total. The third kappa shape index (κ3) is 3.54. The summed E-state index contributed by atoms with van der Waals surface area (Å²) >= 11 is 0. The fourth-order valence-corrected chi connectivity index (χ4v) is 3.62. The fraction of sp³-hybridized carbons (Fsp3) is 0.261. The number of fused-ring (bicyclic) bond motifs is 1. The Kier molecular flexibility index (Phi) is 5.64. The van der Waals surface area contributed by atoms with E-state index in [2.05, 4.69) is 17.3 Å². The number of carbonyl (C=O) groups excluding carboxylic acids is 1. The SMILES string of the molecule is C=C(c1cc(C(C)C)c(O)cc1O)N(C(=O)NC)c1ccc2c(c1)c(C)cn2NC. The molecule has 0 unspecified atom stereocenters. The number of nitrogens with one attached hydrogen (secondary N) is 2. The van der Waals surface area contributed by atoms with Gasteiger partial charge in [0.2, 0.25) is 0 Å². The predicted molar refractivity (Wildman–Crippen MR) is 122 cm³/mol. The monoisotopic (exact) mass is 408 g/mol. The summed E-state index contributed by atoms with van der Waals surface area (Å²) < 4.78 is 1.91. The lowest BCUT2D eigenvalue weighted by Crippen LogP contribution is -2.36. The van der Waals surface area contributed by atoms with Crippen LogP contribution >= 0.6 is 0 Å². The zero-order valence-corrected chi connectivity index (χ0v) is 17.9. The van der Waals surface area contributed by atoms with Crippen molar-refractivity contribution in [1.82, 2.24) is 9.99 Å². The van der Waals surface area contributed by atoms with E-state index in [9.17, 15) is 15.0 Å². The van der Waals surface area contributed by atoms with Crippen LogP contribution in [-0.2, 0) is 0 Å². The lowest BCUT2D eigenvalue weighted by Gasteiger charge is -2.26. The highest BCUT2D eigenvalue weighted by Gasteiger charge is 2.24. The Balaban J connectivity index is 2.15. The number of carbonyl (C=O) groups is 1. The number of urea groups is 1. The Hall–Kier alpha value is -3.61. The fourth-order valence-electron chi connectivity index (χ4n) is 3.62. The molecule has 0 spiro atoms. The van der Waals surface area contributed by atoms with Crippen molar-refractivity contribution in [3.8, 4) is 11.5 Å². The Bertz CT molecular complexity index is 1130. The first-order valence-electron chi connectivity index (χ1n) is 9.76. The van der Waals surface area contributed by atoms with Gasteiger partial charge in [-0.1, -0.05) is 20.4 Å². The maximum Gasteiger partial charge on any atom is 0.326 e. The van der Waals surface area contributed by atoms with Crippen LogP contribution in [0.3, 0.4) is 0 Å². The van der Waals surface area contributed by atoms with Gasteiger partial charge in [0.15, 0.2) is 0 Å².